The maximum atomic E-state index is 15.9. The van der Waals surface area contributed by atoms with Crippen LogP contribution >= 0.6 is 0 Å². The number of rotatable bonds is 10. The first-order valence-corrected chi connectivity index (χ1v) is 15.6. The van der Waals surface area contributed by atoms with E-state index in [1.54, 1.807) is 12.3 Å². The van der Waals surface area contributed by atoms with E-state index < -0.39 is 52.5 Å². The molecule has 3 aromatic rings. The normalized spacial score (nSPS) is 23.2. The van der Waals surface area contributed by atoms with Crippen LogP contribution in [-0.2, 0) is 4.74 Å². The van der Waals surface area contributed by atoms with Crippen LogP contribution < -0.4 is 15.4 Å². The van der Waals surface area contributed by atoms with Crippen LogP contribution in [0.1, 0.15) is 72.4 Å². The summed E-state index contributed by atoms with van der Waals surface area (Å²) in [7, 11) is 6.53. The number of carbonyl (C=O) groups excluding carboxylic acids is 2. The van der Waals surface area contributed by atoms with Crippen LogP contribution in [0.15, 0.2) is 23.1 Å². The van der Waals surface area contributed by atoms with Crippen molar-refractivity contribution >= 4 is 49.0 Å². The molecule has 3 aliphatic rings. The first kappa shape index (κ1) is 33.2. The minimum absolute atomic E-state index is 0.0223. The fourth-order valence-corrected chi connectivity index (χ4v) is 6.62. The number of fused-ring (bicyclic) bond motifs is 1. The summed E-state index contributed by atoms with van der Waals surface area (Å²) in [6.07, 6.45) is 4.20. The Morgan fingerprint density at radius 3 is 2.51 bits per heavy atom. The van der Waals surface area contributed by atoms with Gasteiger partial charge in [0.15, 0.2) is 5.65 Å². The van der Waals surface area contributed by atoms with Gasteiger partial charge >= 0.3 is 6.03 Å². The molecule has 2 atom stereocenters. The molecule has 6 rings (SSSR count). The van der Waals surface area contributed by atoms with Gasteiger partial charge in [0.2, 0.25) is 11.6 Å². The zero-order valence-corrected chi connectivity index (χ0v) is 26.7. The number of nitrogens with zero attached hydrogens (tertiary/aromatic N) is 6. The second-order valence-corrected chi connectivity index (χ2v) is 13.6. The van der Waals surface area contributed by atoms with Crippen molar-refractivity contribution in [1.82, 2.24) is 40.4 Å². The number of nitrogens with one attached hydrogen (secondary N) is 2. The van der Waals surface area contributed by atoms with E-state index in [1.165, 1.54) is 49.2 Å². The second kappa shape index (κ2) is 11.7. The third-order valence-corrected chi connectivity index (χ3v) is 9.57. The predicted molar refractivity (Wildman–Crippen MR) is 168 cm³/mol. The minimum Gasteiger partial charge on any atom is -0.477 e. The van der Waals surface area contributed by atoms with E-state index in [2.05, 4.69) is 30.7 Å². The van der Waals surface area contributed by atoms with Gasteiger partial charge in [-0.05, 0) is 48.0 Å². The number of amides is 3. The second-order valence-electron chi connectivity index (χ2n) is 13.6. The van der Waals surface area contributed by atoms with E-state index in [1.807, 2.05) is 0 Å². The Balaban J connectivity index is 1.35. The molecule has 2 aliphatic carbocycles. The van der Waals surface area contributed by atoms with Crippen molar-refractivity contribution < 1.29 is 41.3 Å². The molecular formula is C26H34B4F4N8O5. The number of hydrogen-bond acceptors (Lipinski definition) is 9. The minimum atomic E-state index is -3.34. The van der Waals surface area contributed by atoms with Crippen molar-refractivity contribution in [2.75, 3.05) is 13.7 Å². The molecule has 2 saturated carbocycles. The molecule has 0 spiro atoms. The number of aromatic nitrogens is 5. The largest absolute Gasteiger partial charge is 0.477 e. The summed E-state index contributed by atoms with van der Waals surface area (Å²) in [6.45, 7) is -0.0496. The van der Waals surface area contributed by atoms with E-state index in [4.69, 9.17) is 14.5 Å². The molecule has 0 radical (unpaired) electrons. The fourth-order valence-electron chi connectivity index (χ4n) is 6.62. The zero-order valence-electron chi connectivity index (χ0n) is 26.7. The van der Waals surface area contributed by atoms with Crippen molar-refractivity contribution in [1.29, 1.82) is 0 Å². The lowest BCUT2D eigenvalue weighted by atomic mass is 9.43. The summed E-state index contributed by atoms with van der Waals surface area (Å²) in [5, 5.41) is 13.2. The molecular weight excluding hydrogens is 624 g/mol. The Kier molecular flexibility index (Phi) is 8.28. The number of imidazole rings is 1. The predicted octanol–water partition coefficient (Wildman–Crippen LogP) is -0.862. The highest BCUT2D eigenvalue weighted by Crippen LogP contribution is 2.44. The molecule has 47 heavy (non-hydrogen) atoms. The quantitative estimate of drug-likeness (QED) is 0.210. The van der Waals surface area contributed by atoms with Crippen molar-refractivity contribution in [2.45, 2.75) is 79.2 Å². The average Bonchev–Trinajstić information content (AvgIpc) is 3.52. The molecule has 1 saturated heterocycles. The van der Waals surface area contributed by atoms with Crippen LogP contribution in [0.2, 0.25) is 0 Å². The van der Waals surface area contributed by atoms with E-state index in [0.717, 1.165) is 17.7 Å². The van der Waals surface area contributed by atoms with Crippen molar-refractivity contribution in [3.05, 3.63) is 35.4 Å². The van der Waals surface area contributed by atoms with Crippen LogP contribution in [0.5, 0.6) is 5.88 Å². The summed E-state index contributed by atoms with van der Waals surface area (Å²) in [4.78, 5) is 32.5. The molecule has 2 N–H and O–H groups in total. The lowest BCUT2D eigenvalue weighted by molar-refractivity contribution is -0.109. The van der Waals surface area contributed by atoms with Gasteiger partial charge in [0.05, 0.1) is 50.0 Å². The standard InChI is InChI=1S/C26H34B4F4N8O5/c1-45-21-19(39-47-40-21)20(43)37-18(12-4-6-23(31,32)7-5-12)15-10-41-17(36-15)8-13(9-35-41)16(11-46-14-2-3-14)42-22(44)38-25(27,28)24(33,34)26(42,29)30/h8-10,12,14,16,18H,2-7,11,27-30H2,1H3,(H,37,43)(H,38,44)/t16-,18+/m1/s1. The third-order valence-electron chi connectivity index (χ3n) is 9.57. The Morgan fingerprint density at radius 1 is 1.15 bits per heavy atom. The van der Waals surface area contributed by atoms with Crippen molar-refractivity contribution in [3.63, 3.8) is 0 Å². The van der Waals surface area contributed by atoms with E-state index in [0.29, 0.717) is 11.3 Å². The van der Waals surface area contributed by atoms with Crippen LogP contribution in [0, 0.1) is 5.92 Å². The zero-order chi connectivity index (χ0) is 33.9. The fraction of sp³-hybridized carbons (Fsp3) is 0.615. The van der Waals surface area contributed by atoms with E-state index in [9.17, 15) is 18.4 Å². The number of ether oxygens (including phenoxy) is 2. The lowest BCUT2D eigenvalue weighted by Crippen LogP contribution is -2.83. The van der Waals surface area contributed by atoms with Gasteiger partial charge in [-0.1, -0.05) is 0 Å². The first-order valence-electron chi connectivity index (χ1n) is 15.6. The SMILES string of the molecule is BC1(B)NC(=O)N([C@H](COC2CC2)c2cnn3cc([C@@H](NC(=O)c4nonc4OC)C4CCC(F)(F)CC4)nc3c2)C(B)(B)C1(F)F. The number of alkyl halides is 4. The maximum Gasteiger partial charge on any atom is 0.316 e. The van der Waals surface area contributed by atoms with Gasteiger partial charge in [-0.2, -0.15) is 5.10 Å². The van der Waals surface area contributed by atoms with Gasteiger partial charge in [-0.15, -0.1) is 0 Å². The topological polar surface area (TPSA) is 149 Å². The summed E-state index contributed by atoms with van der Waals surface area (Å²) in [6, 6.07) is -0.828. The summed E-state index contributed by atoms with van der Waals surface area (Å²) in [5.41, 5.74) is 0.815. The van der Waals surface area contributed by atoms with Gasteiger partial charge in [-0.25, -0.2) is 36.5 Å². The summed E-state index contributed by atoms with van der Waals surface area (Å²) in [5.74, 6) is -7.39. The number of urea groups is 1. The van der Waals surface area contributed by atoms with Gasteiger partial charge in [0, 0.05) is 29.1 Å². The Hall–Kier alpha value is -3.76. The molecule has 0 bridgehead atoms. The monoisotopic (exact) mass is 658 g/mol. The highest BCUT2D eigenvalue weighted by Gasteiger charge is 2.65. The molecule has 1 aliphatic heterocycles. The van der Waals surface area contributed by atoms with Crippen LogP contribution in [0.3, 0.4) is 0 Å². The molecule has 3 fully saturated rings. The molecule has 0 aromatic carbocycles. The smallest absolute Gasteiger partial charge is 0.316 e. The molecule has 3 amide bonds. The number of hydrogen-bond donors (Lipinski definition) is 2. The third kappa shape index (κ3) is 6.06. The average molecular weight is 658 g/mol. The Morgan fingerprint density at radius 2 is 1.85 bits per heavy atom. The highest BCUT2D eigenvalue weighted by molar-refractivity contribution is 6.48. The van der Waals surface area contributed by atoms with Gasteiger partial charge in [-0.3, -0.25) is 4.79 Å². The maximum absolute atomic E-state index is 15.9. The number of halogens is 4. The van der Waals surface area contributed by atoms with Crippen LogP contribution in [-0.4, -0.2) is 115 Å². The van der Waals surface area contributed by atoms with Gasteiger partial charge < -0.3 is 25.0 Å². The molecule has 21 heteroatoms. The Bertz CT molecular complexity index is 1660. The molecule has 3 aromatic heterocycles. The van der Waals surface area contributed by atoms with Crippen LogP contribution in [0.25, 0.3) is 5.65 Å². The molecule has 0 unspecified atom stereocenters. The summed E-state index contributed by atoms with van der Waals surface area (Å²) < 4.78 is 77.0. The van der Waals surface area contributed by atoms with Crippen molar-refractivity contribution in [3.8, 4) is 5.88 Å². The van der Waals surface area contributed by atoms with E-state index >= 15 is 8.78 Å². The van der Waals surface area contributed by atoms with Crippen molar-refractivity contribution in [2.24, 2.45) is 5.92 Å². The molecule has 248 valence electrons. The first-order chi connectivity index (χ1) is 22.0. The summed E-state index contributed by atoms with van der Waals surface area (Å²) >= 11 is 0. The van der Waals surface area contributed by atoms with Gasteiger partial charge in [0.25, 0.3) is 17.7 Å². The number of carbonyl (C=O) groups is 2. The van der Waals surface area contributed by atoms with E-state index in [-0.39, 0.29) is 55.6 Å². The van der Waals surface area contributed by atoms with Crippen LogP contribution in [0.4, 0.5) is 22.4 Å². The number of methoxy groups -OCH3 is 1. The van der Waals surface area contributed by atoms with Gasteiger partial charge in [0.1, 0.15) is 31.4 Å². The Labute approximate surface area is 270 Å². The molecule has 4 heterocycles. The lowest BCUT2D eigenvalue weighted by Gasteiger charge is -2.57. The molecule has 13 nitrogen and oxygen atoms in total. The highest BCUT2D eigenvalue weighted by atomic mass is 19.3.